The van der Waals surface area contributed by atoms with Gasteiger partial charge in [-0.2, -0.15) is 0 Å². The lowest BCUT2D eigenvalue weighted by atomic mass is 9.96. The van der Waals surface area contributed by atoms with Crippen molar-refractivity contribution in [3.8, 4) is 0 Å². The first-order valence-electron chi connectivity index (χ1n) is 6.43. The molecule has 5 heteroatoms. The number of rotatable bonds is 4. The molecule has 0 atom stereocenters. The Kier molecular flexibility index (Phi) is 4.36. The van der Waals surface area contributed by atoms with E-state index in [1.165, 1.54) is 0 Å². The van der Waals surface area contributed by atoms with Crippen molar-refractivity contribution >= 4 is 5.91 Å². The molecule has 1 fully saturated rings. The number of carbonyl (C=O) groups is 1. The summed E-state index contributed by atoms with van der Waals surface area (Å²) in [6.45, 7) is 4.25. The van der Waals surface area contributed by atoms with Crippen LogP contribution in [0.25, 0.3) is 0 Å². The Balaban J connectivity index is 1.80. The SMILES string of the molecule is Cc1cc(C(=O)N(C)CCC2CCOCC2)no1. The van der Waals surface area contributed by atoms with E-state index in [0.29, 0.717) is 17.4 Å². The summed E-state index contributed by atoms with van der Waals surface area (Å²) >= 11 is 0. The van der Waals surface area contributed by atoms with E-state index >= 15 is 0 Å². The molecule has 1 aliphatic rings. The summed E-state index contributed by atoms with van der Waals surface area (Å²) in [5.74, 6) is 1.27. The molecular formula is C13H20N2O3. The van der Waals surface area contributed by atoms with Crippen molar-refractivity contribution in [1.82, 2.24) is 10.1 Å². The molecule has 100 valence electrons. The van der Waals surface area contributed by atoms with Gasteiger partial charge in [-0.15, -0.1) is 0 Å². The smallest absolute Gasteiger partial charge is 0.275 e. The molecule has 0 N–H and O–H groups in total. The summed E-state index contributed by atoms with van der Waals surface area (Å²) in [5, 5.41) is 3.75. The molecular weight excluding hydrogens is 232 g/mol. The third-order valence-corrected chi connectivity index (χ3v) is 3.41. The monoisotopic (exact) mass is 252 g/mol. The van der Waals surface area contributed by atoms with Crippen LogP contribution in [0, 0.1) is 12.8 Å². The first kappa shape index (κ1) is 13.1. The molecule has 18 heavy (non-hydrogen) atoms. The highest BCUT2D eigenvalue weighted by molar-refractivity contribution is 5.92. The molecule has 1 aromatic heterocycles. The van der Waals surface area contributed by atoms with Gasteiger partial charge in [-0.25, -0.2) is 0 Å². The number of hydrogen-bond donors (Lipinski definition) is 0. The molecule has 2 rings (SSSR count). The zero-order chi connectivity index (χ0) is 13.0. The summed E-state index contributed by atoms with van der Waals surface area (Å²) in [7, 11) is 1.81. The Bertz CT molecular complexity index is 397. The predicted octanol–water partition coefficient (Wildman–Crippen LogP) is 1.87. The molecule has 0 aliphatic carbocycles. The van der Waals surface area contributed by atoms with Crippen LogP contribution in [0.3, 0.4) is 0 Å². The van der Waals surface area contributed by atoms with Crippen molar-refractivity contribution in [3.05, 3.63) is 17.5 Å². The van der Waals surface area contributed by atoms with Gasteiger partial charge in [0, 0.05) is 32.9 Å². The number of hydrogen-bond acceptors (Lipinski definition) is 4. The Morgan fingerprint density at radius 2 is 2.22 bits per heavy atom. The molecule has 0 aromatic carbocycles. The lowest BCUT2D eigenvalue weighted by Gasteiger charge is -2.24. The van der Waals surface area contributed by atoms with E-state index in [-0.39, 0.29) is 5.91 Å². The van der Waals surface area contributed by atoms with Crippen LogP contribution >= 0.6 is 0 Å². The maximum atomic E-state index is 12.0. The Hall–Kier alpha value is -1.36. The molecule has 0 radical (unpaired) electrons. The lowest BCUT2D eigenvalue weighted by Crippen LogP contribution is -2.30. The quantitative estimate of drug-likeness (QED) is 0.821. The van der Waals surface area contributed by atoms with Crippen LogP contribution in [-0.2, 0) is 4.74 Å². The molecule has 1 aliphatic heterocycles. The maximum Gasteiger partial charge on any atom is 0.275 e. The molecule has 5 nitrogen and oxygen atoms in total. The van der Waals surface area contributed by atoms with Crippen molar-refractivity contribution in [3.63, 3.8) is 0 Å². The fraction of sp³-hybridized carbons (Fsp3) is 0.692. The van der Waals surface area contributed by atoms with Gasteiger partial charge >= 0.3 is 0 Å². The highest BCUT2D eigenvalue weighted by Gasteiger charge is 2.18. The largest absolute Gasteiger partial charge is 0.381 e. The Morgan fingerprint density at radius 3 is 2.83 bits per heavy atom. The van der Waals surface area contributed by atoms with Crippen molar-refractivity contribution in [1.29, 1.82) is 0 Å². The number of aryl methyl sites for hydroxylation is 1. The summed E-state index contributed by atoms with van der Waals surface area (Å²) in [6, 6.07) is 1.67. The van der Waals surface area contributed by atoms with Crippen LogP contribution in [0.1, 0.15) is 35.5 Å². The second-order valence-corrected chi connectivity index (χ2v) is 4.89. The van der Waals surface area contributed by atoms with Gasteiger partial charge in [0.2, 0.25) is 0 Å². The molecule has 2 heterocycles. The Morgan fingerprint density at radius 1 is 1.50 bits per heavy atom. The van der Waals surface area contributed by atoms with Gasteiger partial charge in [0.25, 0.3) is 5.91 Å². The molecule has 1 amide bonds. The van der Waals surface area contributed by atoms with Crippen LogP contribution in [0.2, 0.25) is 0 Å². The fourth-order valence-electron chi connectivity index (χ4n) is 2.18. The van der Waals surface area contributed by atoms with E-state index in [4.69, 9.17) is 9.26 Å². The van der Waals surface area contributed by atoms with Crippen LogP contribution in [-0.4, -0.2) is 42.8 Å². The van der Waals surface area contributed by atoms with Crippen LogP contribution in [0.5, 0.6) is 0 Å². The van der Waals surface area contributed by atoms with E-state index < -0.39 is 0 Å². The van der Waals surface area contributed by atoms with Crippen molar-refractivity contribution in [2.45, 2.75) is 26.2 Å². The minimum atomic E-state index is -0.0705. The zero-order valence-electron chi connectivity index (χ0n) is 11.0. The van der Waals surface area contributed by atoms with Crippen molar-refractivity contribution in [2.24, 2.45) is 5.92 Å². The molecule has 0 unspecified atom stereocenters. The average Bonchev–Trinajstić information content (AvgIpc) is 2.83. The minimum Gasteiger partial charge on any atom is -0.381 e. The van der Waals surface area contributed by atoms with E-state index in [0.717, 1.165) is 39.0 Å². The summed E-state index contributed by atoms with van der Waals surface area (Å²) in [4.78, 5) is 13.7. The van der Waals surface area contributed by atoms with Gasteiger partial charge in [-0.3, -0.25) is 4.79 Å². The molecule has 1 aromatic rings. The summed E-state index contributed by atoms with van der Waals surface area (Å²) in [6.07, 6.45) is 3.23. The fourth-order valence-corrected chi connectivity index (χ4v) is 2.18. The number of nitrogens with zero attached hydrogens (tertiary/aromatic N) is 2. The highest BCUT2D eigenvalue weighted by atomic mass is 16.5. The van der Waals surface area contributed by atoms with Crippen molar-refractivity contribution in [2.75, 3.05) is 26.8 Å². The molecule has 0 saturated carbocycles. The van der Waals surface area contributed by atoms with Gasteiger partial charge in [0.1, 0.15) is 5.76 Å². The van der Waals surface area contributed by atoms with Gasteiger partial charge in [0.05, 0.1) is 0 Å². The molecule has 0 bridgehead atoms. The highest BCUT2D eigenvalue weighted by Crippen LogP contribution is 2.18. The third-order valence-electron chi connectivity index (χ3n) is 3.41. The van der Waals surface area contributed by atoms with Gasteiger partial charge in [-0.1, -0.05) is 5.16 Å². The molecule has 0 spiro atoms. The summed E-state index contributed by atoms with van der Waals surface area (Å²) in [5.41, 5.74) is 0.391. The zero-order valence-corrected chi connectivity index (χ0v) is 11.0. The number of aromatic nitrogens is 1. The third kappa shape index (κ3) is 3.32. The lowest BCUT2D eigenvalue weighted by molar-refractivity contribution is 0.0581. The van der Waals surface area contributed by atoms with Gasteiger partial charge < -0.3 is 14.2 Å². The standard InChI is InChI=1S/C13H20N2O3/c1-10-9-12(14-18-10)13(16)15(2)6-3-11-4-7-17-8-5-11/h9,11H,3-8H2,1-2H3. The maximum absolute atomic E-state index is 12.0. The normalized spacial score (nSPS) is 16.8. The first-order chi connectivity index (χ1) is 8.66. The Labute approximate surface area is 107 Å². The minimum absolute atomic E-state index is 0.0705. The number of amides is 1. The molecule has 1 saturated heterocycles. The number of carbonyl (C=O) groups excluding carboxylic acids is 1. The van der Waals surface area contributed by atoms with E-state index in [1.807, 2.05) is 7.05 Å². The van der Waals surface area contributed by atoms with Crippen molar-refractivity contribution < 1.29 is 14.1 Å². The second-order valence-electron chi connectivity index (χ2n) is 4.89. The van der Waals surface area contributed by atoms with Crippen LogP contribution < -0.4 is 0 Å². The first-order valence-corrected chi connectivity index (χ1v) is 6.43. The predicted molar refractivity (Wildman–Crippen MR) is 66.4 cm³/mol. The van der Waals surface area contributed by atoms with Gasteiger partial charge in [-0.05, 0) is 32.1 Å². The summed E-state index contributed by atoms with van der Waals surface area (Å²) < 4.78 is 10.2. The average molecular weight is 252 g/mol. The number of ether oxygens (including phenoxy) is 1. The van der Waals surface area contributed by atoms with Crippen LogP contribution in [0.4, 0.5) is 0 Å². The van der Waals surface area contributed by atoms with Gasteiger partial charge in [0.15, 0.2) is 5.69 Å². The second kappa shape index (κ2) is 6.00. The van der Waals surface area contributed by atoms with E-state index in [9.17, 15) is 4.79 Å². The van der Waals surface area contributed by atoms with E-state index in [2.05, 4.69) is 5.16 Å². The topological polar surface area (TPSA) is 55.6 Å². The van der Waals surface area contributed by atoms with Crippen LogP contribution in [0.15, 0.2) is 10.6 Å². The van der Waals surface area contributed by atoms with E-state index in [1.54, 1.807) is 17.9 Å².